The molecule has 8 heavy (non-hydrogen) atoms. The number of carbonyl (C=O) groups excluding carboxylic acids is 1. The molecule has 0 aromatic heterocycles. The third-order valence-corrected chi connectivity index (χ3v) is 1.06. The van der Waals surface area contributed by atoms with Gasteiger partial charge in [0.25, 0.3) is 0 Å². The molecule has 1 heterocycles. The third-order valence-electron chi connectivity index (χ3n) is 1.06. The molecule has 0 fully saturated rings. The van der Waals surface area contributed by atoms with E-state index < -0.39 is 0 Å². The highest BCUT2D eigenvalue weighted by Crippen LogP contribution is 1.96. The van der Waals surface area contributed by atoms with Crippen LogP contribution in [0.15, 0.2) is 0 Å². The zero-order valence-corrected chi connectivity index (χ0v) is 5.14. The van der Waals surface area contributed by atoms with Crippen molar-refractivity contribution < 1.29 is 9.16 Å². The summed E-state index contributed by atoms with van der Waals surface area (Å²) in [6.07, 6.45) is 2.06. The van der Waals surface area contributed by atoms with E-state index in [0.717, 1.165) is 32.0 Å². The SMILES string of the molecule is CCCC1=[O+]CCO1. The maximum atomic E-state index is 5.09. The minimum Gasteiger partial charge on any atom is -0.315 e. The first kappa shape index (κ1) is 5.60. The quantitative estimate of drug-likeness (QED) is 0.386. The van der Waals surface area contributed by atoms with Crippen molar-refractivity contribution in [3.8, 4) is 0 Å². The van der Waals surface area contributed by atoms with E-state index >= 15 is 0 Å². The van der Waals surface area contributed by atoms with Crippen molar-refractivity contribution in [1.82, 2.24) is 0 Å². The van der Waals surface area contributed by atoms with E-state index in [4.69, 9.17) is 9.16 Å². The monoisotopic (exact) mass is 115 g/mol. The van der Waals surface area contributed by atoms with Crippen LogP contribution >= 0.6 is 0 Å². The molecule has 0 saturated carbocycles. The van der Waals surface area contributed by atoms with Crippen LogP contribution in [0, 0.1) is 0 Å². The van der Waals surface area contributed by atoms with Gasteiger partial charge in [-0.25, -0.2) is 0 Å². The lowest BCUT2D eigenvalue weighted by atomic mass is 10.3. The molecule has 2 heteroatoms. The first-order valence-electron chi connectivity index (χ1n) is 3.05. The summed E-state index contributed by atoms with van der Waals surface area (Å²) in [5.41, 5.74) is 0. The number of rotatable bonds is 2. The maximum absolute atomic E-state index is 5.09. The molecule has 1 aliphatic rings. The van der Waals surface area contributed by atoms with Gasteiger partial charge in [0.2, 0.25) is 13.2 Å². The standard InChI is InChI=1S/C6H11O2/c1-2-3-6-7-4-5-8-6/h2-5H2,1H3/q+1. The van der Waals surface area contributed by atoms with Crippen molar-refractivity contribution in [1.29, 1.82) is 0 Å². The molecule has 1 aliphatic heterocycles. The summed E-state index contributed by atoms with van der Waals surface area (Å²) in [5, 5.41) is 0. The van der Waals surface area contributed by atoms with Gasteiger partial charge in [-0.2, -0.15) is 0 Å². The lowest BCUT2D eigenvalue weighted by molar-refractivity contribution is -0.446. The van der Waals surface area contributed by atoms with Crippen LogP contribution in [-0.4, -0.2) is 19.2 Å². The molecule has 0 aromatic rings. The summed E-state index contributed by atoms with van der Waals surface area (Å²) in [4.78, 5) is 0. The zero-order valence-electron chi connectivity index (χ0n) is 5.14. The molecule has 0 bridgehead atoms. The Hall–Kier alpha value is -0.530. The first-order chi connectivity index (χ1) is 3.93. The van der Waals surface area contributed by atoms with Gasteiger partial charge >= 0.3 is 5.97 Å². The number of hydrogen-bond donors (Lipinski definition) is 0. The van der Waals surface area contributed by atoms with Crippen LogP contribution in [0.1, 0.15) is 19.8 Å². The van der Waals surface area contributed by atoms with Gasteiger partial charge in [0.15, 0.2) is 0 Å². The van der Waals surface area contributed by atoms with Gasteiger partial charge in [-0.1, -0.05) is 6.92 Å². The molecule has 0 aliphatic carbocycles. The third kappa shape index (κ3) is 1.22. The summed E-state index contributed by atoms with van der Waals surface area (Å²) in [6.45, 7) is 3.60. The number of cyclic esters (lactones) is 1. The molecule has 2 nitrogen and oxygen atoms in total. The van der Waals surface area contributed by atoms with Gasteiger partial charge in [0.1, 0.15) is 6.42 Å². The van der Waals surface area contributed by atoms with Gasteiger partial charge in [-0.3, -0.25) is 0 Å². The van der Waals surface area contributed by atoms with Gasteiger partial charge < -0.3 is 9.16 Å². The Bertz CT molecular complexity index is 96.7. The fourth-order valence-corrected chi connectivity index (χ4v) is 0.701. The number of hydrogen-bond acceptors (Lipinski definition) is 1. The second-order valence-electron chi connectivity index (χ2n) is 1.82. The van der Waals surface area contributed by atoms with E-state index in [-0.39, 0.29) is 0 Å². The molecule has 0 saturated heterocycles. The van der Waals surface area contributed by atoms with Crippen LogP contribution in [0.4, 0.5) is 0 Å². The molecule has 0 amide bonds. The Morgan fingerprint density at radius 3 is 3.12 bits per heavy atom. The van der Waals surface area contributed by atoms with Crippen molar-refractivity contribution in [2.45, 2.75) is 19.8 Å². The van der Waals surface area contributed by atoms with Crippen LogP contribution in [0.2, 0.25) is 0 Å². The highest BCUT2D eigenvalue weighted by molar-refractivity contribution is 5.70. The van der Waals surface area contributed by atoms with Gasteiger partial charge in [0, 0.05) is 0 Å². The summed E-state index contributed by atoms with van der Waals surface area (Å²) >= 11 is 0. The predicted octanol–water partition coefficient (Wildman–Crippen LogP) is 0.879. The maximum Gasteiger partial charge on any atom is 0.485 e. The summed E-state index contributed by atoms with van der Waals surface area (Å²) in [7, 11) is 0. The second kappa shape index (κ2) is 2.70. The molecular weight excluding hydrogens is 104 g/mol. The van der Waals surface area contributed by atoms with Crippen molar-refractivity contribution in [3.05, 3.63) is 0 Å². The fourth-order valence-electron chi connectivity index (χ4n) is 0.701. The zero-order chi connectivity index (χ0) is 5.82. The van der Waals surface area contributed by atoms with Gasteiger partial charge in [-0.15, -0.1) is 0 Å². The molecule has 0 unspecified atom stereocenters. The predicted molar refractivity (Wildman–Crippen MR) is 30.7 cm³/mol. The number of ether oxygens (including phenoxy) is 1. The van der Waals surface area contributed by atoms with Crippen molar-refractivity contribution in [3.63, 3.8) is 0 Å². The summed E-state index contributed by atoms with van der Waals surface area (Å²) in [6, 6.07) is 0. The van der Waals surface area contributed by atoms with Crippen LogP contribution in [0.3, 0.4) is 0 Å². The van der Waals surface area contributed by atoms with Gasteiger partial charge in [-0.05, 0) is 6.42 Å². The van der Waals surface area contributed by atoms with Crippen molar-refractivity contribution in [2.24, 2.45) is 0 Å². The molecule has 0 atom stereocenters. The molecule has 0 aromatic carbocycles. The molecule has 0 spiro atoms. The molecule has 0 radical (unpaired) electrons. The van der Waals surface area contributed by atoms with Crippen molar-refractivity contribution in [2.75, 3.05) is 13.2 Å². The highest BCUT2D eigenvalue weighted by atomic mass is 16.6. The Balaban J connectivity index is 2.23. The van der Waals surface area contributed by atoms with E-state index in [2.05, 4.69) is 6.92 Å². The Labute approximate surface area is 49.2 Å². The van der Waals surface area contributed by atoms with E-state index in [0.29, 0.717) is 0 Å². The molecule has 1 rings (SSSR count). The Morgan fingerprint density at radius 2 is 2.62 bits per heavy atom. The highest BCUT2D eigenvalue weighted by Gasteiger charge is 2.19. The largest absolute Gasteiger partial charge is 0.485 e. The Morgan fingerprint density at radius 1 is 1.75 bits per heavy atom. The second-order valence-corrected chi connectivity index (χ2v) is 1.82. The molecule has 46 valence electrons. The van der Waals surface area contributed by atoms with Crippen LogP contribution in [0.5, 0.6) is 0 Å². The average Bonchev–Trinajstić information content (AvgIpc) is 2.19. The molecule has 0 N–H and O–H groups in total. The molecular formula is C6H11O2+. The van der Waals surface area contributed by atoms with E-state index in [9.17, 15) is 0 Å². The minimum absolute atomic E-state index is 0.745. The normalized spacial score (nSPS) is 17.9. The summed E-state index contributed by atoms with van der Waals surface area (Å²) in [5.74, 6) is 0.826. The lowest BCUT2D eigenvalue weighted by Gasteiger charge is -1.80. The lowest BCUT2D eigenvalue weighted by Crippen LogP contribution is -1.97. The smallest absolute Gasteiger partial charge is 0.315 e. The van der Waals surface area contributed by atoms with Crippen LogP contribution in [-0.2, 0) is 9.16 Å². The first-order valence-corrected chi connectivity index (χ1v) is 3.05. The number of esters is 1. The Kier molecular flexibility index (Phi) is 1.89. The topological polar surface area (TPSA) is 20.5 Å². The van der Waals surface area contributed by atoms with Gasteiger partial charge in [0.05, 0.1) is 0 Å². The summed E-state index contributed by atoms with van der Waals surface area (Å²) < 4.78 is 10.2. The van der Waals surface area contributed by atoms with E-state index in [1.54, 1.807) is 0 Å². The van der Waals surface area contributed by atoms with E-state index in [1.807, 2.05) is 0 Å². The average molecular weight is 115 g/mol. The van der Waals surface area contributed by atoms with Crippen LogP contribution in [0.25, 0.3) is 0 Å². The van der Waals surface area contributed by atoms with E-state index in [1.165, 1.54) is 0 Å². The van der Waals surface area contributed by atoms with Crippen molar-refractivity contribution >= 4 is 5.97 Å². The minimum atomic E-state index is 0.745. The fraction of sp³-hybridized carbons (Fsp3) is 0.833. The van der Waals surface area contributed by atoms with Crippen LogP contribution < -0.4 is 0 Å².